The molecule has 0 saturated heterocycles. The van der Waals surface area contributed by atoms with Crippen LogP contribution in [0.15, 0.2) is 186 Å². The molecule has 0 bridgehead atoms. The van der Waals surface area contributed by atoms with Crippen molar-refractivity contribution >= 4 is 54.3 Å². The maximum absolute atomic E-state index is 6.26. The summed E-state index contributed by atoms with van der Waals surface area (Å²) in [4.78, 5) is 0. The number of para-hydroxylation sites is 1. The van der Waals surface area contributed by atoms with Crippen LogP contribution < -0.4 is 0 Å². The Bertz CT molecular complexity index is 2870. The van der Waals surface area contributed by atoms with Gasteiger partial charge in [0.05, 0.1) is 0 Å². The van der Waals surface area contributed by atoms with Crippen LogP contribution in [-0.4, -0.2) is 0 Å². The van der Waals surface area contributed by atoms with Crippen molar-refractivity contribution in [3.63, 3.8) is 0 Å². The lowest BCUT2D eigenvalue weighted by atomic mass is 9.84. The van der Waals surface area contributed by atoms with Crippen molar-refractivity contribution in [3.8, 4) is 44.5 Å². The van der Waals surface area contributed by atoms with Crippen LogP contribution in [0.25, 0.3) is 98.8 Å². The molecule has 0 fully saturated rings. The van der Waals surface area contributed by atoms with E-state index in [-0.39, 0.29) is 0 Å². The minimum absolute atomic E-state index is 0.906. The minimum atomic E-state index is 0.906. The van der Waals surface area contributed by atoms with Gasteiger partial charge in [0.15, 0.2) is 0 Å². The molecule has 10 aromatic rings. The van der Waals surface area contributed by atoms with Crippen LogP contribution in [0.1, 0.15) is 0 Å². The fourth-order valence-electron chi connectivity index (χ4n) is 7.79. The van der Waals surface area contributed by atoms with E-state index in [4.69, 9.17) is 4.42 Å². The van der Waals surface area contributed by atoms with E-state index >= 15 is 0 Å². The molecule has 1 heteroatoms. The van der Waals surface area contributed by atoms with E-state index in [1.54, 1.807) is 0 Å². The first-order valence-corrected chi connectivity index (χ1v) is 16.8. The van der Waals surface area contributed by atoms with Gasteiger partial charge < -0.3 is 4.42 Å². The van der Waals surface area contributed by atoms with Crippen LogP contribution in [0.5, 0.6) is 0 Å². The van der Waals surface area contributed by atoms with Crippen LogP contribution in [-0.2, 0) is 0 Å². The second kappa shape index (κ2) is 11.1. The molecule has 1 heterocycles. The van der Waals surface area contributed by atoms with Gasteiger partial charge in [0, 0.05) is 10.8 Å². The van der Waals surface area contributed by atoms with E-state index < -0.39 is 0 Å². The Labute approximate surface area is 284 Å². The molecule has 0 spiro atoms. The van der Waals surface area contributed by atoms with E-state index in [1.807, 2.05) is 6.07 Å². The van der Waals surface area contributed by atoms with Crippen molar-refractivity contribution in [1.82, 2.24) is 0 Å². The first kappa shape index (κ1) is 27.7. The number of hydrogen-bond donors (Lipinski definition) is 0. The van der Waals surface area contributed by atoms with Crippen LogP contribution in [0.3, 0.4) is 0 Å². The highest BCUT2D eigenvalue weighted by Gasteiger charge is 2.18. The van der Waals surface area contributed by atoms with E-state index in [0.29, 0.717) is 0 Å². The summed E-state index contributed by atoms with van der Waals surface area (Å²) < 4.78 is 6.26. The molecule has 1 aromatic heterocycles. The summed E-state index contributed by atoms with van der Waals surface area (Å²) in [6, 6.07) is 66.0. The smallest absolute Gasteiger partial charge is 0.135 e. The molecule has 10 rings (SSSR count). The largest absolute Gasteiger partial charge is 0.456 e. The molecule has 0 aliphatic carbocycles. The summed E-state index contributed by atoms with van der Waals surface area (Å²) in [6.07, 6.45) is 0. The van der Waals surface area contributed by atoms with Gasteiger partial charge in [-0.05, 0) is 107 Å². The number of hydrogen-bond acceptors (Lipinski definition) is 1. The van der Waals surface area contributed by atoms with Gasteiger partial charge in [-0.3, -0.25) is 0 Å². The number of rotatable bonds is 4. The third-order valence-corrected chi connectivity index (χ3v) is 10.1. The zero-order valence-electron chi connectivity index (χ0n) is 26.7. The Morgan fingerprint density at radius 1 is 0.265 bits per heavy atom. The molecule has 9 aromatic carbocycles. The van der Waals surface area contributed by atoms with Gasteiger partial charge in [0.2, 0.25) is 0 Å². The highest BCUT2D eigenvalue weighted by Crippen LogP contribution is 2.45. The Morgan fingerprint density at radius 3 is 1.73 bits per heavy atom. The van der Waals surface area contributed by atoms with Gasteiger partial charge in [-0.2, -0.15) is 0 Å². The zero-order chi connectivity index (χ0) is 32.3. The molecular weight excluding hydrogens is 593 g/mol. The molecule has 0 atom stereocenters. The molecule has 1 nitrogen and oxygen atoms in total. The van der Waals surface area contributed by atoms with E-state index in [2.05, 4.69) is 176 Å². The predicted octanol–water partition coefficient (Wildman–Crippen LogP) is 13.7. The summed E-state index contributed by atoms with van der Waals surface area (Å²) in [5.41, 5.74) is 11.6. The first-order valence-electron chi connectivity index (χ1n) is 16.8. The molecule has 0 aliphatic heterocycles. The average Bonchev–Trinajstić information content (AvgIpc) is 3.55. The van der Waals surface area contributed by atoms with Gasteiger partial charge in [-0.15, -0.1) is 0 Å². The Hall–Kier alpha value is -6.44. The summed E-state index contributed by atoms with van der Waals surface area (Å²) in [5.74, 6) is 0. The van der Waals surface area contributed by atoms with Gasteiger partial charge in [0.25, 0.3) is 0 Å². The van der Waals surface area contributed by atoms with E-state index in [1.165, 1.54) is 76.8 Å². The Balaban J connectivity index is 1.32. The van der Waals surface area contributed by atoms with E-state index in [0.717, 1.165) is 21.9 Å². The van der Waals surface area contributed by atoms with Crippen molar-refractivity contribution in [1.29, 1.82) is 0 Å². The van der Waals surface area contributed by atoms with Crippen LogP contribution >= 0.6 is 0 Å². The van der Waals surface area contributed by atoms with Crippen LogP contribution in [0, 0.1) is 0 Å². The lowest BCUT2D eigenvalue weighted by Gasteiger charge is -2.19. The third-order valence-electron chi connectivity index (χ3n) is 10.1. The molecule has 0 aliphatic rings. The third kappa shape index (κ3) is 4.47. The lowest BCUT2D eigenvalue weighted by Crippen LogP contribution is -1.92. The summed E-state index contributed by atoms with van der Waals surface area (Å²) in [6.45, 7) is 0. The van der Waals surface area contributed by atoms with Gasteiger partial charge in [0.1, 0.15) is 11.2 Å². The lowest BCUT2D eigenvalue weighted by molar-refractivity contribution is 0.669. The molecule has 0 N–H and O–H groups in total. The fourth-order valence-corrected chi connectivity index (χ4v) is 7.79. The molecule has 0 radical (unpaired) electrons. The predicted molar refractivity (Wildman–Crippen MR) is 208 cm³/mol. The van der Waals surface area contributed by atoms with Crippen molar-refractivity contribution in [2.75, 3.05) is 0 Å². The van der Waals surface area contributed by atoms with Crippen molar-refractivity contribution in [2.24, 2.45) is 0 Å². The average molecular weight is 623 g/mol. The monoisotopic (exact) mass is 622 g/mol. The molecule has 49 heavy (non-hydrogen) atoms. The van der Waals surface area contributed by atoms with Gasteiger partial charge >= 0.3 is 0 Å². The summed E-state index contributed by atoms with van der Waals surface area (Å²) in [5, 5.41) is 9.70. The standard InChI is InChI=1S/C48H30O/c1-2-13-32(14-3-1)36-16-6-7-17-38(36)39-20-11-22-42-44(39)30-43-37(34-25-24-31-12-4-5-15-33(31)28-34)19-10-21-41(43)48(42)35-26-27-47-45(29-35)40-18-8-9-23-46(40)49-47/h1-30H. The number of furan rings is 1. The topological polar surface area (TPSA) is 13.1 Å². The van der Waals surface area contributed by atoms with Crippen molar-refractivity contribution in [3.05, 3.63) is 182 Å². The quantitative estimate of drug-likeness (QED) is 0.178. The maximum Gasteiger partial charge on any atom is 0.135 e. The maximum atomic E-state index is 6.26. The molecular formula is C48H30O. The molecule has 228 valence electrons. The summed E-state index contributed by atoms with van der Waals surface area (Å²) >= 11 is 0. The summed E-state index contributed by atoms with van der Waals surface area (Å²) in [7, 11) is 0. The molecule has 0 saturated carbocycles. The van der Waals surface area contributed by atoms with E-state index in [9.17, 15) is 0 Å². The molecule has 0 amide bonds. The van der Waals surface area contributed by atoms with Crippen LogP contribution in [0.4, 0.5) is 0 Å². The normalized spacial score (nSPS) is 11.7. The van der Waals surface area contributed by atoms with Gasteiger partial charge in [-0.1, -0.05) is 152 Å². The number of benzene rings is 9. The van der Waals surface area contributed by atoms with Crippen molar-refractivity contribution in [2.45, 2.75) is 0 Å². The highest BCUT2D eigenvalue weighted by atomic mass is 16.3. The zero-order valence-corrected chi connectivity index (χ0v) is 26.7. The minimum Gasteiger partial charge on any atom is -0.456 e. The highest BCUT2D eigenvalue weighted by molar-refractivity contribution is 6.20. The first-order chi connectivity index (χ1) is 24.3. The number of fused-ring (bicyclic) bond motifs is 6. The Morgan fingerprint density at radius 2 is 0.878 bits per heavy atom. The molecule has 0 unspecified atom stereocenters. The second-order valence-corrected chi connectivity index (χ2v) is 12.8. The van der Waals surface area contributed by atoms with Gasteiger partial charge in [-0.25, -0.2) is 0 Å². The SMILES string of the molecule is c1ccc(-c2ccccc2-c2cccc3c(-c4ccc5oc6ccccc6c5c4)c4cccc(-c5ccc6ccccc6c5)c4cc23)cc1. The van der Waals surface area contributed by atoms with Crippen molar-refractivity contribution < 1.29 is 4.42 Å². The second-order valence-electron chi connectivity index (χ2n) is 12.8. The fraction of sp³-hybridized carbons (Fsp3) is 0. The van der Waals surface area contributed by atoms with Crippen LogP contribution in [0.2, 0.25) is 0 Å². The Kier molecular flexibility index (Phi) is 6.25.